The fourth-order valence-corrected chi connectivity index (χ4v) is 2.13. The minimum Gasteiger partial charge on any atom is -0.349 e. The zero-order valence-corrected chi connectivity index (χ0v) is 8.58. The van der Waals surface area contributed by atoms with Crippen LogP contribution in [0.2, 0.25) is 0 Å². The van der Waals surface area contributed by atoms with E-state index in [2.05, 4.69) is 18.7 Å². The largest absolute Gasteiger partial charge is 0.349 e. The Kier molecular flexibility index (Phi) is 2.58. The number of morpholine rings is 1. The predicted octanol–water partition coefficient (Wildman–Crippen LogP) is 1.23. The number of hydrogen-bond donors (Lipinski definition) is 0. The van der Waals surface area contributed by atoms with Gasteiger partial charge in [0.1, 0.15) is 0 Å². The van der Waals surface area contributed by atoms with E-state index in [1.165, 1.54) is 0 Å². The third kappa shape index (κ3) is 1.87. The summed E-state index contributed by atoms with van der Waals surface area (Å²) in [7, 11) is 0. The summed E-state index contributed by atoms with van der Waals surface area (Å²) in [6.45, 7) is 8.14. The highest BCUT2D eigenvalue weighted by Gasteiger charge is 2.41. The van der Waals surface area contributed by atoms with E-state index in [9.17, 15) is 0 Å². The first-order chi connectivity index (χ1) is 6.22. The van der Waals surface area contributed by atoms with Crippen LogP contribution in [0, 0.1) is 0 Å². The van der Waals surface area contributed by atoms with Crippen LogP contribution in [0.4, 0.5) is 0 Å². The Morgan fingerprint density at radius 1 is 1.23 bits per heavy atom. The van der Waals surface area contributed by atoms with Crippen molar-refractivity contribution in [3.8, 4) is 0 Å². The summed E-state index contributed by atoms with van der Waals surface area (Å²) in [4.78, 5) is 2.44. The Morgan fingerprint density at radius 3 is 2.62 bits per heavy atom. The summed E-state index contributed by atoms with van der Waals surface area (Å²) < 4.78 is 11.4. The van der Waals surface area contributed by atoms with Gasteiger partial charge in [-0.25, -0.2) is 0 Å². The molecule has 0 aromatic heterocycles. The SMILES string of the molecule is CC(C)N1CCOC2(CCCO2)C1. The van der Waals surface area contributed by atoms with Crippen LogP contribution in [0.15, 0.2) is 0 Å². The van der Waals surface area contributed by atoms with E-state index < -0.39 is 0 Å². The standard InChI is InChI=1S/C10H19NO2/c1-9(2)11-5-7-13-10(8-11)4-3-6-12-10/h9H,3-8H2,1-2H3. The number of ether oxygens (including phenoxy) is 2. The van der Waals surface area contributed by atoms with E-state index in [4.69, 9.17) is 9.47 Å². The predicted molar refractivity (Wildman–Crippen MR) is 50.6 cm³/mol. The summed E-state index contributed by atoms with van der Waals surface area (Å²) in [5, 5.41) is 0. The van der Waals surface area contributed by atoms with Crippen LogP contribution in [0.5, 0.6) is 0 Å². The molecular formula is C10H19NO2. The fraction of sp³-hybridized carbons (Fsp3) is 1.00. The molecule has 2 aliphatic rings. The van der Waals surface area contributed by atoms with Gasteiger partial charge in [-0.1, -0.05) is 0 Å². The molecule has 0 N–H and O–H groups in total. The van der Waals surface area contributed by atoms with Crippen LogP contribution in [0.3, 0.4) is 0 Å². The molecule has 2 fully saturated rings. The number of hydrogen-bond acceptors (Lipinski definition) is 3. The summed E-state index contributed by atoms with van der Waals surface area (Å²) in [5.41, 5.74) is 0. The van der Waals surface area contributed by atoms with Gasteiger partial charge in [0.25, 0.3) is 0 Å². The highest BCUT2D eigenvalue weighted by molar-refractivity contribution is 4.84. The lowest BCUT2D eigenvalue weighted by Gasteiger charge is -2.41. The van der Waals surface area contributed by atoms with Crippen LogP contribution < -0.4 is 0 Å². The normalized spacial score (nSPS) is 36.2. The molecule has 0 saturated carbocycles. The second kappa shape index (κ2) is 3.56. The van der Waals surface area contributed by atoms with Crippen molar-refractivity contribution in [2.75, 3.05) is 26.3 Å². The van der Waals surface area contributed by atoms with E-state index in [1.54, 1.807) is 0 Å². The van der Waals surface area contributed by atoms with E-state index in [0.717, 1.165) is 39.1 Å². The lowest BCUT2D eigenvalue weighted by atomic mass is 10.1. The molecule has 2 saturated heterocycles. The molecule has 2 aliphatic heterocycles. The van der Waals surface area contributed by atoms with Crippen molar-refractivity contribution in [3.63, 3.8) is 0 Å². The molecule has 76 valence electrons. The molecule has 0 radical (unpaired) electrons. The van der Waals surface area contributed by atoms with Crippen LogP contribution >= 0.6 is 0 Å². The molecule has 0 amide bonds. The maximum atomic E-state index is 5.74. The monoisotopic (exact) mass is 185 g/mol. The van der Waals surface area contributed by atoms with E-state index in [-0.39, 0.29) is 5.79 Å². The summed E-state index contributed by atoms with van der Waals surface area (Å²) in [6.07, 6.45) is 2.21. The van der Waals surface area contributed by atoms with Crippen molar-refractivity contribution in [2.45, 2.75) is 38.5 Å². The number of nitrogens with zero attached hydrogens (tertiary/aromatic N) is 1. The molecule has 0 aromatic rings. The minimum absolute atomic E-state index is 0.248. The molecule has 2 rings (SSSR count). The van der Waals surface area contributed by atoms with Gasteiger partial charge in [-0.05, 0) is 20.3 Å². The Bertz CT molecular complexity index is 176. The van der Waals surface area contributed by atoms with Gasteiger partial charge in [-0.2, -0.15) is 0 Å². The lowest BCUT2D eigenvalue weighted by molar-refractivity contribution is -0.246. The van der Waals surface area contributed by atoms with Gasteiger partial charge in [0.05, 0.1) is 19.8 Å². The quantitative estimate of drug-likeness (QED) is 0.613. The van der Waals surface area contributed by atoms with Crippen molar-refractivity contribution in [2.24, 2.45) is 0 Å². The first-order valence-corrected chi connectivity index (χ1v) is 5.24. The summed E-state index contributed by atoms with van der Waals surface area (Å²) in [5.74, 6) is -0.248. The molecule has 3 heteroatoms. The molecule has 2 heterocycles. The highest BCUT2D eigenvalue weighted by Crippen LogP contribution is 2.30. The van der Waals surface area contributed by atoms with Crippen LogP contribution in [0.25, 0.3) is 0 Å². The maximum absolute atomic E-state index is 5.74. The Balaban J connectivity index is 1.98. The fourth-order valence-electron chi connectivity index (χ4n) is 2.13. The van der Waals surface area contributed by atoms with E-state index >= 15 is 0 Å². The van der Waals surface area contributed by atoms with Crippen molar-refractivity contribution >= 4 is 0 Å². The average Bonchev–Trinajstić information content (AvgIpc) is 2.53. The maximum Gasteiger partial charge on any atom is 0.181 e. The molecule has 0 aliphatic carbocycles. The van der Waals surface area contributed by atoms with Gasteiger partial charge in [-0.15, -0.1) is 0 Å². The smallest absolute Gasteiger partial charge is 0.181 e. The minimum atomic E-state index is -0.248. The number of rotatable bonds is 1. The van der Waals surface area contributed by atoms with Crippen LogP contribution in [0.1, 0.15) is 26.7 Å². The molecule has 0 aromatic carbocycles. The summed E-state index contributed by atoms with van der Waals surface area (Å²) in [6, 6.07) is 0.602. The molecule has 13 heavy (non-hydrogen) atoms. The van der Waals surface area contributed by atoms with Gasteiger partial charge in [-0.3, -0.25) is 4.90 Å². The Hall–Kier alpha value is -0.120. The molecular weight excluding hydrogens is 166 g/mol. The first kappa shape index (κ1) is 9.44. The average molecular weight is 185 g/mol. The first-order valence-electron chi connectivity index (χ1n) is 5.24. The molecule has 1 atom stereocenters. The van der Waals surface area contributed by atoms with Crippen LogP contribution in [-0.4, -0.2) is 43.0 Å². The molecule has 1 spiro atoms. The van der Waals surface area contributed by atoms with Crippen molar-refractivity contribution in [1.82, 2.24) is 4.90 Å². The van der Waals surface area contributed by atoms with Crippen molar-refractivity contribution in [3.05, 3.63) is 0 Å². The second-order valence-electron chi connectivity index (χ2n) is 4.28. The second-order valence-corrected chi connectivity index (χ2v) is 4.28. The van der Waals surface area contributed by atoms with Gasteiger partial charge in [0, 0.05) is 19.0 Å². The summed E-state index contributed by atoms with van der Waals surface area (Å²) >= 11 is 0. The highest BCUT2D eigenvalue weighted by atomic mass is 16.7. The molecule has 1 unspecified atom stereocenters. The van der Waals surface area contributed by atoms with Crippen molar-refractivity contribution in [1.29, 1.82) is 0 Å². The van der Waals surface area contributed by atoms with E-state index in [0.29, 0.717) is 6.04 Å². The van der Waals surface area contributed by atoms with Gasteiger partial charge >= 0.3 is 0 Å². The van der Waals surface area contributed by atoms with Crippen LogP contribution in [-0.2, 0) is 9.47 Å². The third-order valence-electron chi connectivity index (χ3n) is 2.99. The lowest BCUT2D eigenvalue weighted by Crippen LogP contribution is -2.53. The van der Waals surface area contributed by atoms with Gasteiger partial charge < -0.3 is 9.47 Å². The third-order valence-corrected chi connectivity index (χ3v) is 2.99. The van der Waals surface area contributed by atoms with Crippen molar-refractivity contribution < 1.29 is 9.47 Å². The van der Waals surface area contributed by atoms with E-state index in [1.807, 2.05) is 0 Å². The zero-order chi connectivity index (χ0) is 9.31. The zero-order valence-electron chi connectivity index (χ0n) is 8.58. The van der Waals surface area contributed by atoms with Gasteiger partial charge in [0.2, 0.25) is 0 Å². The Morgan fingerprint density at radius 2 is 2.00 bits per heavy atom. The Labute approximate surface area is 80.0 Å². The van der Waals surface area contributed by atoms with Gasteiger partial charge in [0.15, 0.2) is 5.79 Å². The molecule has 3 nitrogen and oxygen atoms in total. The molecule has 0 bridgehead atoms. The topological polar surface area (TPSA) is 21.7 Å².